The monoisotopic (exact) mass is 485 g/mol. The average molecular weight is 486 g/mol. The molecule has 0 spiro atoms. The minimum atomic E-state index is -1.23. The molecule has 2 aromatic carbocycles. The van der Waals surface area contributed by atoms with E-state index in [0.717, 1.165) is 29.5 Å². The van der Waals surface area contributed by atoms with Crippen molar-refractivity contribution >= 4 is 6.09 Å². The zero-order chi connectivity index (χ0) is 24.5. The highest BCUT2D eigenvalue weighted by Gasteiger charge is 2.42. The molecule has 2 aliphatic rings. The SMILES string of the molecule is O=C(O)N[C@@H]1C[C@H](N2Cc3cn[nH]c3C2)CN(CCc2ccccc2F)[C@@H]1c1cc(F)ccc1F. The van der Waals surface area contributed by atoms with Crippen LogP contribution in [-0.4, -0.2) is 56.4 Å². The highest BCUT2D eigenvalue weighted by atomic mass is 19.1. The number of piperidine rings is 1. The molecule has 3 N–H and O–H groups in total. The molecule has 1 fully saturated rings. The third kappa shape index (κ3) is 4.89. The van der Waals surface area contributed by atoms with Gasteiger partial charge in [-0.15, -0.1) is 0 Å². The van der Waals surface area contributed by atoms with E-state index in [0.29, 0.717) is 44.6 Å². The molecule has 1 amide bonds. The Labute approximate surface area is 200 Å². The molecular formula is C25H26F3N5O2. The third-order valence-electron chi connectivity index (χ3n) is 7.02. The maximum Gasteiger partial charge on any atom is 0.404 e. The molecule has 2 aliphatic heterocycles. The number of likely N-dealkylation sites (tertiary alicyclic amines) is 1. The highest BCUT2D eigenvalue weighted by molar-refractivity contribution is 5.65. The predicted octanol–water partition coefficient (Wildman–Crippen LogP) is 3.84. The Morgan fingerprint density at radius 3 is 2.74 bits per heavy atom. The first-order chi connectivity index (χ1) is 16.9. The first kappa shape index (κ1) is 23.4. The standard InChI is InChI=1S/C25H26F3N5O2/c26-17-5-6-21(28)19(9-17)24-22(30-25(34)35)10-18(33-12-16-11-29-31-23(16)14-33)13-32(24)8-7-15-3-1-2-4-20(15)27/h1-6,9,11,18,22,24,30H,7-8,10,12-14H2,(H,29,31)(H,34,35)/t18-,22+,24+/m0/s1. The summed E-state index contributed by atoms with van der Waals surface area (Å²) in [5.41, 5.74) is 2.71. The molecule has 184 valence electrons. The Morgan fingerprint density at radius 2 is 1.97 bits per heavy atom. The Hall–Kier alpha value is -3.37. The van der Waals surface area contributed by atoms with Crippen LogP contribution >= 0.6 is 0 Å². The number of rotatable bonds is 6. The van der Waals surface area contributed by atoms with Gasteiger partial charge in [0.2, 0.25) is 0 Å². The van der Waals surface area contributed by atoms with E-state index in [9.17, 15) is 23.1 Å². The number of carboxylic acid groups (broad SMARTS) is 1. The van der Waals surface area contributed by atoms with E-state index in [4.69, 9.17) is 0 Å². The van der Waals surface area contributed by atoms with Gasteiger partial charge in [-0.1, -0.05) is 18.2 Å². The maximum absolute atomic E-state index is 15.0. The number of hydrogen-bond acceptors (Lipinski definition) is 4. The number of aromatic nitrogens is 2. The fraction of sp³-hybridized carbons (Fsp3) is 0.360. The van der Waals surface area contributed by atoms with Crippen LogP contribution in [0.3, 0.4) is 0 Å². The summed E-state index contributed by atoms with van der Waals surface area (Å²) in [4.78, 5) is 15.9. The van der Waals surface area contributed by atoms with Crippen molar-refractivity contribution in [1.29, 1.82) is 0 Å². The number of carbonyl (C=O) groups is 1. The van der Waals surface area contributed by atoms with Crippen molar-refractivity contribution in [3.05, 3.63) is 88.5 Å². The minimum Gasteiger partial charge on any atom is -0.465 e. The summed E-state index contributed by atoms with van der Waals surface area (Å²) in [6.07, 6.45) is 1.31. The van der Waals surface area contributed by atoms with Gasteiger partial charge in [0, 0.05) is 43.3 Å². The molecular weight excluding hydrogens is 459 g/mol. The van der Waals surface area contributed by atoms with Crippen molar-refractivity contribution in [1.82, 2.24) is 25.3 Å². The van der Waals surface area contributed by atoms with Crippen molar-refractivity contribution in [3.8, 4) is 0 Å². The molecule has 0 bridgehead atoms. The fourth-order valence-corrected chi connectivity index (χ4v) is 5.39. The first-order valence-electron chi connectivity index (χ1n) is 11.6. The number of benzene rings is 2. The van der Waals surface area contributed by atoms with Crippen LogP contribution in [0.1, 0.15) is 34.8 Å². The lowest BCUT2D eigenvalue weighted by atomic mass is 9.86. The van der Waals surface area contributed by atoms with E-state index in [1.807, 2.05) is 4.90 Å². The summed E-state index contributed by atoms with van der Waals surface area (Å²) in [7, 11) is 0. The summed E-state index contributed by atoms with van der Waals surface area (Å²) in [6, 6.07) is 8.18. The van der Waals surface area contributed by atoms with Crippen molar-refractivity contribution in [2.45, 2.75) is 44.1 Å². The number of H-pyrrole nitrogens is 1. The molecule has 7 nitrogen and oxygen atoms in total. The topological polar surface area (TPSA) is 84.5 Å². The normalized spacial score (nSPS) is 22.8. The van der Waals surface area contributed by atoms with Gasteiger partial charge in [0.25, 0.3) is 0 Å². The van der Waals surface area contributed by atoms with Gasteiger partial charge in [0.1, 0.15) is 17.5 Å². The lowest BCUT2D eigenvalue weighted by Crippen LogP contribution is -2.58. The first-order valence-corrected chi connectivity index (χ1v) is 11.6. The molecule has 35 heavy (non-hydrogen) atoms. The van der Waals surface area contributed by atoms with Gasteiger partial charge in [-0.3, -0.25) is 14.9 Å². The van der Waals surface area contributed by atoms with Gasteiger partial charge in [-0.2, -0.15) is 5.10 Å². The number of fused-ring (bicyclic) bond motifs is 1. The summed E-state index contributed by atoms with van der Waals surface area (Å²) in [5, 5.41) is 19.2. The third-order valence-corrected chi connectivity index (χ3v) is 7.02. The number of nitrogens with one attached hydrogen (secondary N) is 2. The molecule has 3 atom stereocenters. The fourth-order valence-electron chi connectivity index (χ4n) is 5.39. The molecule has 3 heterocycles. The summed E-state index contributed by atoms with van der Waals surface area (Å²) in [6.45, 7) is 2.14. The number of hydrogen-bond donors (Lipinski definition) is 3. The summed E-state index contributed by atoms with van der Waals surface area (Å²) >= 11 is 0. The van der Waals surface area contributed by atoms with Gasteiger partial charge in [-0.05, 0) is 42.7 Å². The highest BCUT2D eigenvalue weighted by Crippen LogP contribution is 2.37. The lowest BCUT2D eigenvalue weighted by molar-refractivity contribution is 0.0320. The second kappa shape index (κ2) is 9.71. The van der Waals surface area contributed by atoms with E-state index in [1.54, 1.807) is 24.4 Å². The van der Waals surface area contributed by atoms with Crippen molar-refractivity contribution in [2.75, 3.05) is 13.1 Å². The molecule has 1 aromatic heterocycles. The van der Waals surface area contributed by atoms with E-state index in [1.165, 1.54) is 6.07 Å². The van der Waals surface area contributed by atoms with Crippen LogP contribution in [0.2, 0.25) is 0 Å². The minimum absolute atomic E-state index is 0.0545. The number of halogens is 3. The van der Waals surface area contributed by atoms with E-state index in [-0.39, 0.29) is 17.4 Å². The Bertz CT molecular complexity index is 1200. The molecule has 0 saturated carbocycles. The molecule has 5 rings (SSSR count). The lowest BCUT2D eigenvalue weighted by Gasteiger charge is -2.47. The quantitative estimate of drug-likeness (QED) is 0.494. The van der Waals surface area contributed by atoms with E-state index in [2.05, 4.69) is 20.4 Å². The van der Waals surface area contributed by atoms with Crippen LogP contribution in [0.25, 0.3) is 0 Å². The Balaban J connectivity index is 1.47. The van der Waals surface area contributed by atoms with Crippen molar-refractivity contribution in [2.24, 2.45) is 0 Å². The second-order valence-corrected chi connectivity index (χ2v) is 9.17. The van der Waals surface area contributed by atoms with Crippen molar-refractivity contribution in [3.63, 3.8) is 0 Å². The summed E-state index contributed by atoms with van der Waals surface area (Å²) in [5.74, 6) is -1.54. The van der Waals surface area contributed by atoms with Crippen LogP contribution in [0.4, 0.5) is 18.0 Å². The number of nitrogens with zero attached hydrogens (tertiary/aromatic N) is 3. The van der Waals surface area contributed by atoms with Crippen LogP contribution in [0.5, 0.6) is 0 Å². The zero-order valence-electron chi connectivity index (χ0n) is 18.9. The van der Waals surface area contributed by atoms with Crippen molar-refractivity contribution < 1.29 is 23.1 Å². The Morgan fingerprint density at radius 1 is 1.14 bits per heavy atom. The van der Waals surface area contributed by atoms with Gasteiger partial charge in [0.05, 0.1) is 24.0 Å². The number of amides is 1. The van der Waals surface area contributed by atoms with Gasteiger partial charge in [-0.25, -0.2) is 18.0 Å². The second-order valence-electron chi connectivity index (χ2n) is 9.17. The Kier molecular flexibility index (Phi) is 6.48. The van der Waals surface area contributed by atoms with Gasteiger partial charge >= 0.3 is 6.09 Å². The maximum atomic E-state index is 15.0. The summed E-state index contributed by atoms with van der Waals surface area (Å²) < 4.78 is 43.5. The van der Waals surface area contributed by atoms with Crippen LogP contribution in [0.15, 0.2) is 48.7 Å². The molecule has 0 unspecified atom stereocenters. The van der Waals surface area contributed by atoms with E-state index >= 15 is 0 Å². The molecule has 3 aromatic rings. The molecule has 0 aliphatic carbocycles. The molecule has 10 heteroatoms. The van der Waals surface area contributed by atoms with Gasteiger partial charge in [0.15, 0.2) is 0 Å². The van der Waals surface area contributed by atoms with Gasteiger partial charge < -0.3 is 10.4 Å². The number of aromatic amines is 1. The van der Waals surface area contributed by atoms with Crippen LogP contribution in [-0.2, 0) is 19.5 Å². The van der Waals surface area contributed by atoms with Crippen LogP contribution < -0.4 is 5.32 Å². The molecule has 0 radical (unpaired) electrons. The average Bonchev–Trinajstić information content (AvgIpc) is 3.42. The smallest absolute Gasteiger partial charge is 0.404 e. The molecule has 1 saturated heterocycles. The van der Waals surface area contributed by atoms with E-state index < -0.39 is 29.8 Å². The van der Waals surface area contributed by atoms with Crippen LogP contribution in [0, 0.1) is 17.5 Å². The zero-order valence-corrected chi connectivity index (χ0v) is 18.9. The predicted molar refractivity (Wildman–Crippen MR) is 122 cm³/mol. The largest absolute Gasteiger partial charge is 0.465 e.